The number of fused-ring (bicyclic) bond motifs is 2. The van der Waals surface area contributed by atoms with Crippen molar-refractivity contribution in [1.29, 1.82) is 0 Å². The van der Waals surface area contributed by atoms with Crippen molar-refractivity contribution in [1.82, 2.24) is 19.4 Å². The van der Waals surface area contributed by atoms with Crippen molar-refractivity contribution in [2.75, 3.05) is 20.2 Å². The van der Waals surface area contributed by atoms with E-state index in [0.29, 0.717) is 40.9 Å². The van der Waals surface area contributed by atoms with Gasteiger partial charge in [0, 0.05) is 24.6 Å². The highest BCUT2D eigenvalue weighted by Crippen LogP contribution is 2.49. The fourth-order valence-corrected chi connectivity index (χ4v) is 6.12. The van der Waals surface area contributed by atoms with Crippen LogP contribution in [0.4, 0.5) is 4.39 Å². The Labute approximate surface area is 253 Å². The zero-order valence-electron chi connectivity index (χ0n) is 24.3. The molecule has 12 heteroatoms. The zero-order valence-corrected chi connectivity index (χ0v) is 25.0. The summed E-state index contributed by atoms with van der Waals surface area (Å²) in [6, 6.07) is 12.1. The van der Waals surface area contributed by atoms with Crippen LogP contribution in [0, 0.1) is 5.82 Å². The number of benzene rings is 2. The quantitative estimate of drug-likeness (QED) is 0.118. The van der Waals surface area contributed by atoms with Crippen molar-refractivity contribution in [2.24, 2.45) is 10.9 Å². The summed E-state index contributed by atoms with van der Waals surface area (Å²) in [5.41, 5.74) is 9.09. The van der Waals surface area contributed by atoms with E-state index < -0.39 is 11.6 Å². The molecule has 2 aromatic heterocycles. The van der Waals surface area contributed by atoms with Crippen LogP contribution in [0.3, 0.4) is 0 Å². The molecule has 226 valence electrons. The van der Waals surface area contributed by atoms with E-state index in [2.05, 4.69) is 25.7 Å². The van der Waals surface area contributed by atoms with Gasteiger partial charge in [0.1, 0.15) is 17.3 Å². The molecule has 2 aromatic carbocycles. The van der Waals surface area contributed by atoms with Gasteiger partial charge in [0.25, 0.3) is 5.79 Å². The maximum absolute atomic E-state index is 14.8. The summed E-state index contributed by atoms with van der Waals surface area (Å²) in [6.45, 7) is 6.71. The molecule has 1 saturated heterocycles. The Hall–Kier alpha value is -3.93. The fourth-order valence-electron chi connectivity index (χ4n) is 5.96. The highest BCUT2D eigenvalue weighted by Gasteiger charge is 2.43. The molecule has 0 bridgehead atoms. The molecule has 0 amide bonds. The highest BCUT2D eigenvalue weighted by molar-refractivity contribution is 6.30. The van der Waals surface area contributed by atoms with Gasteiger partial charge in [-0.2, -0.15) is 0 Å². The van der Waals surface area contributed by atoms with Crippen molar-refractivity contribution >= 4 is 28.5 Å². The number of likely N-dealkylation sites (tertiary alicyclic amines) is 1. The highest BCUT2D eigenvalue weighted by atomic mass is 35.5. The molecule has 10 nitrogen and oxygen atoms in total. The maximum atomic E-state index is 14.8. The molecule has 0 aliphatic carbocycles. The summed E-state index contributed by atoms with van der Waals surface area (Å²) in [5.74, 6) is 0.612. The number of pyridine rings is 1. The Morgan fingerprint density at radius 2 is 2.05 bits per heavy atom. The van der Waals surface area contributed by atoms with Crippen LogP contribution in [0.15, 0.2) is 53.8 Å². The molecule has 3 N–H and O–H groups in total. The average Bonchev–Trinajstić information content (AvgIpc) is 3.53. The summed E-state index contributed by atoms with van der Waals surface area (Å²) in [7, 11) is 1.69. The van der Waals surface area contributed by atoms with Crippen molar-refractivity contribution in [3.63, 3.8) is 0 Å². The van der Waals surface area contributed by atoms with E-state index in [1.165, 1.54) is 6.07 Å². The van der Waals surface area contributed by atoms with Gasteiger partial charge in [-0.3, -0.25) is 9.88 Å². The van der Waals surface area contributed by atoms with Gasteiger partial charge in [-0.1, -0.05) is 28.9 Å². The SMILES string of the molecule is COC(C)Cn1c(CN2CCC(c3cccc4c3O[C@@](C)(c3ccc(Cl)cc3F)O4)CC2)nc2cc(C(N)=NO)ncc21. The summed E-state index contributed by atoms with van der Waals surface area (Å²) in [6.07, 6.45) is 3.50. The lowest BCUT2D eigenvalue weighted by molar-refractivity contribution is -0.0712. The number of nitrogens with two attached hydrogens (primary N) is 1. The standard InChI is InChI=1S/C31H34ClFN6O4/c1-18(41-3)16-39-26-15-35-25(30(34)37-40)14-24(26)36-28(39)17-38-11-9-19(10-12-38)21-5-4-6-27-29(21)43-31(2,42-27)22-8-7-20(32)13-23(22)33/h4-8,13-15,18-19,40H,9-12,16-17H2,1-3H3,(H2,34,37)/t18?,31-/m0/s1. The van der Waals surface area contributed by atoms with E-state index in [1.807, 2.05) is 19.1 Å². The minimum Gasteiger partial charge on any atom is -0.444 e. The van der Waals surface area contributed by atoms with Crippen molar-refractivity contribution < 1.29 is 23.8 Å². The van der Waals surface area contributed by atoms with E-state index >= 15 is 0 Å². The molecule has 1 unspecified atom stereocenters. The van der Waals surface area contributed by atoms with Crippen LogP contribution in [0.1, 0.15) is 55.3 Å². The van der Waals surface area contributed by atoms with Gasteiger partial charge in [-0.05, 0) is 69.1 Å². The predicted molar refractivity (Wildman–Crippen MR) is 160 cm³/mol. The van der Waals surface area contributed by atoms with Gasteiger partial charge < -0.3 is 29.7 Å². The number of amidine groups is 1. The second kappa shape index (κ2) is 11.6. The van der Waals surface area contributed by atoms with Crippen LogP contribution >= 0.6 is 11.6 Å². The number of hydrogen-bond acceptors (Lipinski definition) is 8. The lowest BCUT2D eigenvalue weighted by Gasteiger charge is -2.32. The molecule has 2 aliphatic heterocycles. The molecule has 43 heavy (non-hydrogen) atoms. The Balaban J connectivity index is 1.19. The number of oxime groups is 1. The van der Waals surface area contributed by atoms with Crippen LogP contribution in [-0.4, -0.2) is 56.8 Å². The number of ether oxygens (including phenoxy) is 3. The molecule has 0 radical (unpaired) electrons. The molecule has 1 fully saturated rings. The number of rotatable bonds is 8. The van der Waals surface area contributed by atoms with E-state index in [4.69, 9.17) is 41.7 Å². The number of aromatic nitrogens is 3. The average molecular weight is 609 g/mol. The van der Waals surface area contributed by atoms with E-state index in [0.717, 1.165) is 48.4 Å². The van der Waals surface area contributed by atoms with Crippen molar-refractivity contribution in [3.05, 3.63) is 82.1 Å². The van der Waals surface area contributed by atoms with Gasteiger partial charge >= 0.3 is 0 Å². The van der Waals surface area contributed by atoms with Crippen molar-refractivity contribution in [2.45, 2.75) is 57.6 Å². The van der Waals surface area contributed by atoms with E-state index in [9.17, 15) is 4.39 Å². The zero-order chi connectivity index (χ0) is 30.3. The Bertz CT molecular complexity index is 1690. The summed E-state index contributed by atoms with van der Waals surface area (Å²) >= 11 is 5.97. The van der Waals surface area contributed by atoms with Crippen LogP contribution in [-0.2, 0) is 23.6 Å². The third-order valence-corrected chi connectivity index (χ3v) is 8.58. The van der Waals surface area contributed by atoms with Crippen LogP contribution in [0.25, 0.3) is 11.0 Å². The minimum absolute atomic E-state index is 0.0277. The first-order valence-corrected chi connectivity index (χ1v) is 14.6. The first kappa shape index (κ1) is 29.2. The largest absolute Gasteiger partial charge is 0.444 e. The van der Waals surface area contributed by atoms with Gasteiger partial charge in [0.15, 0.2) is 17.3 Å². The molecule has 4 heterocycles. The summed E-state index contributed by atoms with van der Waals surface area (Å²) in [4.78, 5) is 11.7. The van der Waals surface area contributed by atoms with Crippen LogP contribution in [0.2, 0.25) is 5.02 Å². The van der Waals surface area contributed by atoms with Crippen LogP contribution in [0.5, 0.6) is 11.5 Å². The lowest BCUT2D eigenvalue weighted by Crippen LogP contribution is -2.34. The third kappa shape index (κ3) is 5.60. The molecular weight excluding hydrogens is 575 g/mol. The fraction of sp³-hybridized carbons (Fsp3) is 0.387. The lowest BCUT2D eigenvalue weighted by atomic mass is 9.88. The number of methoxy groups -OCH3 is 1. The number of hydrogen-bond donors (Lipinski definition) is 2. The number of nitrogens with zero attached hydrogens (tertiary/aromatic N) is 5. The molecule has 0 saturated carbocycles. The number of piperidine rings is 1. The predicted octanol–water partition coefficient (Wildman–Crippen LogP) is 5.38. The number of imidazole rings is 1. The van der Waals surface area contributed by atoms with Gasteiger partial charge in [0.2, 0.25) is 0 Å². The molecule has 2 aliphatic rings. The molecule has 6 rings (SSSR count). The molecule has 4 aromatic rings. The topological polar surface area (TPSA) is 120 Å². The third-order valence-electron chi connectivity index (χ3n) is 8.35. The Morgan fingerprint density at radius 1 is 1.26 bits per heavy atom. The smallest absolute Gasteiger partial charge is 0.278 e. The second-order valence-corrected chi connectivity index (χ2v) is 11.7. The van der Waals surface area contributed by atoms with E-state index in [1.54, 1.807) is 38.4 Å². The molecule has 0 spiro atoms. The summed E-state index contributed by atoms with van der Waals surface area (Å²) in [5, 5.41) is 12.5. The second-order valence-electron chi connectivity index (χ2n) is 11.2. The first-order chi connectivity index (χ1) is 20.7. The monoisotopic (exact) mass is 608 g/mol. The van der Waals surface area contributed by atoms with E-state index in [-0.39, 0.29) is 17.9 Å². The normalized spacial score (nSPS) is 20.2. The minimum atomic E-state index is -1.28. The Kier molecular flexibility index (Phi) is 7.89. The Morgan fingerprint density at radius 3 is 2.77 bits per heavy atom. The van der Waals surface area contributed by atoms with Crippen LogP contribution < -0.4 is 15.2 Å². The van der Waals surface area contributed by atoms with Crippen molar-refractivity contribution in [3.8, 4) is 11.5 Å². The number of halogens is 2. The number of para-hydroxylation sites is 1. The van der Waals surface area contributed by atoms with Gasteiger partial charge in [0.05, 0.1) is 42.0 Å². The first-order valence-electron chi connectivity index (χ1n) is 14.2. The summed E-state index contributed by atoms with van der Waals surface area (Å²) < 4.78 is 35.0. The molecule has 2 atom stereocenters. The van der Waals surface area contributed by atoms with Gasteiger partial charge in [-0.25, -0.2) is 9.37 Å². The molecular formula is C31H34ClFN6O4. The maximum Gasteiger partial charge on any atom is 0.278 e. The van der Waals surface area contributed by atoms with Gasteiger partial charge in [-0.15, -0.1) is 0 Å².